The van der Waals surface area contributed by atoms with Crippen LogP contribution in [0, 0.1) is 5.92 Å². The number of hydrogen-bond acceptors (Lipinski definition) is 4. The summed E-state index contributed by atoms with van der Waals surface area (Å²) < 4.78 is 28.4. The molecule has 0 bridgehead atoms. The Morgan fingerprint density at radius 2 is 2.16 bits per heavy atom. The summed E-state index contributed by atoms with van der Waals surface area (Å²) in [5.74, 6) is 0.732. The van der Waals surface area contributed by atoms with Crippen LogP contribution in [-0.2, 0) is 19.4 Å². The quantitative estimate of drug-likeness (QED) is 0.769. The molecule has 2 saturated heterocycles. The van der Waals surface area contributed by atoms with Gasteiger partial charge in [0.2, 0.25) is 5.91 Å². The van der Waals surface area contributed by atoms with Crippen molar-refractivity contribution in [3.63, 3.8) is 0 Å². The molecule has 2 atom stereocenters. The van der Waals surface area contributed by atoms with E-state index in [4.69, 9.17) is 4.74 Å². The van der Waals surface area contributed by atoms with Crippen LogP contribution in [0.3, 0.4) is 0 Å². The van der Waals surface area contributed by atoms with Crippen molar-refractivity contribution < 1.29 is 17.9 Å². The van der Waals surface area contributed by atoms with Gasteiger partial charge in [0.05, 0.1) is 11.5 Å². The third-order valence-corrected chi connectivity index (χ3v) is 5.78. The van der Waals surface area contributed by atoms with Crippen LogP contribution in [0.4, 0.5) is 0 Å². The third-order valence-electron chi connectivity index (χ3n) is 4.03. The second kappa shape index (κ2) is 6.22. The highest BCUT2D eigenvalue weighted by atomic mass is 32.2. The fraction of sp³-hybridized carbons (Fsp3) is 0.923. The Labute approximate surface area is 115 Å². The van der Waals surface area contributed by atoms with Crippen LogP contribution in [0.25, 0.3) is 0 Å². The number of carbonyl (C=O) groups is 1. The summed E-state index contributed by atoms with van der Waals surface area (Å²) in [6.45, 7) is 3.96. The molecule has 0 aromatic heterocycles. The maximum absolute atomic E-state index is 12.3. The van der Waals surface area contributed by atoms with Crippen molar-refractivity contribution in [1.29, 1.82) is 0 Å². The highest BCUT2D eigenvalue weighted by Crippen LogP contribution is 2.22. The molecule has 110 valence electrons. The van der Waals surface area contributed by atoms with Gasteiger partial charge in [-0.25, -0.2) is 8.42 Å². The van der Waals surface area contributed by atoms with Crippen molar-refractivity contribution in [2.75, 3.05) is 31.3 Å². The van der Waals surface area contributed by atoms with E-state index in [2.05, 4.69) is 0 Å². The SMILES string of the molecule is CCN(C(=O)CC1CCCOC1)C1CCS(=O)(=O)C1. The van der Waals surface area contributed by atoms with Gasteiger partial charge in [0, 0.05) is 32.2 Å². The average Bonchev–Trinajstić information content (AvgIpc) is 2.72. The van der Waals surface area contributed by atoms with Crippen molar-refractivity contribution in [3.05, 3.63) is 0 Å². The number of ether oxygens (including phenoxy) is 1. The van der Waals surface area contributed by atoms with Crippen LogP contribution in [0.15, 0.2) is 0 Å². The van der Waals surface area contributed by atoms with Gasteiger partial charge in [-0.1, -0.05) is 0 Å². The van der Waals surface area contributed by atoms with Gasteiger partial charge in [-0.3, -0.25) is 4.79 Å². The zero-order chi connectivity index (χ0) is 13.9. The summed E-state index contributed by atoms with van der Waals surface area (Å²) in [4.78, 5) is 14.1. The molecule has 2 heterocycles. The van der Waals surface area contributed by atoms with E-state index in [9.17, 15) is 13.2 Å². The van der Waals surface area contributed by atoms with E-state index >= 15 is 0 Å². The van der Waals surface area contributed by atoms with Crippen molar-refractivity contribution in [2.24, 2.45) is 5.92 Å². The van der Waals surface area contributed by atoms with Gasteiger partial charge in [-0.2, -0.15) is 0 Å². The van der Waals surface area contributed by atoms with E-state index < -0.39 is 9.84 Å². The Morgan fingerprint density at radius 1 is 1.37 bits per heavy atom. The fourth-order valence-corrected chi connectivity index (χ4v) is 4.72. The first-order valence-electron chi connectivity index (χ1n) is 7.09. The standard InChI is InChI=1S/C13H23NO4S/c1-2-14(12-5-7-19(16,17)10-12)13(15)8-11-4-3-6-18-9-11/h11-12H,2-10H2,1H3. The molecular formula is C13H23NO4S. The smallest absolute Gasteiger partial charge is 0.223 e. The molecule has 0 aliphatic carbocycles. The third kappa shape index (κ3) is 3.92. The monoisotopic (exact) mass is 289 g/mol. The van der Waals surface area contributed by atoms with Gasteiger partial charge < -0.3 is 9.64 Å². The van der Waals surface area contributed by atoms with Crippen LogP contribution in [0.5, 0.6) is 0 Å². The molecule has 5 nitrogen and oxygen atoms in total. The molecule has 2 aliphatic rings. The van der Waals surface area contributed by atoms with Gasteiger partial charge in [0.1, 0.15) is 0 Å². The van der Waals surface area contributed by atoms with Crippen LogP contribution in [0.1, 0.15) is 32.6 Å². The zero-order valence-corrected chi connectivity index (χ0v) is 12.3. The predicted molar refractivity (Wildman–Crippen MR) is 72.6 cm³/mol. The minimum absolute atomic E-state index is 0.0834. The molecule has 0 aromatic carbocycles. The topological polar surface area (TPSA) is 63.7 Å². The zero-order valence-electron chi connectivity index (χ0n) is 11.5. The Balaban J connectivity index is 1.91. The van der Waals surface area contributed by atoms with E-state index in [0.29, 0.717) is 31.9 Å². The normalized spacial score (nSPS) is 30.2. The van der Waals surface area contributed by atoms with Crippen molar-refractivity contribution in [1.82, 2.24) is 4.90 Å². The Hall–Kier alpha value is -0.620. The number of carbonyl (C=O) groups excluding carboxylic acids is 1. The van der Waals surface area contributed by atoms with E-state index in [-0.39, 0.29) is 23.5 Å². The van der Waals surface area contributed by atoms with Gasteiger partial charge in [0.15, 0.2) is 9.84 Å². The van der Waals surface area contributed by atoms with E-state index in [1.165, 1.54) is 0 Å². The maximum Gasteiger partial charge on any atom is 0.223 e. The molecule has 1 amide bonds. The maximum atomic E-state index is 12.3. The molecule has 2 rings (SSSR count). The number of rotatable bonds is 4. The fourth-order valence-electron chi connectivity index (χ4n) is 2.99. The minimum atomic E-state index is -2.94. The summed E-state index contributed by atoms with van der Waals surface area (Å²) in [6.07, 6.45) is 3.13. The van der Waals surface area contributed by atoms with Crippen LogP contribution in [-0.4, -0.2) is 56.5 Å². The molecule has 6 heteroatoms. The molecule has 0 radical (unpaired) electrons. The molecule has 2 unspecified atom stereocenters. The second-order valence-electron chi connectivity index (χ2n) is 5.52. The summed E-state index contributed by atoms with van der Waals surface area (Å²) in [5, 5.41) is 0. The van der Waals surface area contributed by atoms with E-state index in [1.807, 2.05) is 6.92 Å². The van der Waals surface area contributed by atoms with E-state index in [1.54, 1.807) is 4.90 Å². The summed E-state index contributed by atoms with van der Waals surface area (Å²) >= 11 is 0. The molecule has 0 aromatic rings. The lowest BCUT2D eigenvalue weighted by molar-refractivity contribution is -0.134. The predicted octanol–water partition coefficient (Wildman–Crippen LogP) is 0.839. The second-order valence-corrected chi connectivity index (χ2v) is 7.75. The highest BCUT2D eigenvalue weighted by molar-refractivity contribution is 7.91. The highest BCUT2D eigenvalue weighted by Gasteiger charge is 2.34. The largest absolute Gasteiger partial charge is 0.381 e. The lowest BCUT2D eigenvalue weighted by Crippen LogP contribution is -2.42. The van der Waals surface area contributed by atoms with Gasteiger partial charge in [-0.05, 0) is 32.1 Å². The van der Waals surface area contributed by atoms with Gasteiger partial charge in [0.25, 0.3) is 0 Å². The van der Waals surface area contributed by atoms with Crippen LogP contribution < -0.4 is 0 Å². The first-order chi connectivity index (χ1) is 9.02. The molecule has 0 N–H and O–H groups in total. The van der Waals surface area contributed by atoms with Crippen molar-refractivity contribution >= 4 is 15.7 Å². The molecular weight excluding hydrogens is 266 g/mol. The summed E-state index contributed by atoms with van der Waals surface area (Å²) in [7, 11) is -2.94. The number of nitrogens with zero attached hydrogens (tertiary/aromatic N) is 1. The summed E-state index contributed by atoms with van der Waals surface area (Å²) in [5.41, 5.74) is 0. The minimum Gasteiger partial charge on any atom is -0.381 e. The van der Waals surface area contributed by atoms with Crippen LogP contribution >= 0.6 is 0 Å². The first-order valence-corrected chi connectivity index (χ1v) is 8.91. The van der Waals surface area contributed by atoms with Gasteiger partial charge >= 0.3 is 0 Å². The lowest BCUT2D eigenvalue weighted by atomic mass is 9.97. The number of amides is 1. The van der Waals surface area contributed by atoms with Gasteiger partial charge in [-0.15, -0.1) is 0 Å². The summed E-state index contributed by atoms with van der Waals surface area (Å²) in [6, 6.07) is -0.119. The molecule has 2 fully saturated rings. The first kappa shape index (κ1) is 14.8. The van der Waals surface area contributed by atoms with Crippen molar-refractivity contribution in [2.45, 2.75) is 38.6 Å². The molecule has 0 saturated carbocycles. The number of hydrogen-bond donors (Lipinski definition) is 0. The molecule has 2 aliphatic heterocycles. The Morgan fingerprint density at radius 3 is 2.68 bits per heavy atom. The Bertz CT molecular complexity index is 414. The lowest BCUT2D eigenvalue weighted by Gasteiger charge is -2.29. The van der Waals surface area contributed by atoms with Crippen molar-refractivity contribution in [3.8, 4) is 0 Å². The molecule has 0 spiro atoms. The van der Waals surface area contributed by atoms with Crippen LogP contribution in [0.2, 0.25) is 0 Å². The number of sulfone groups is 1. The molecule has 19 heavy (non-hydrogen) atoms. The Kier molecular flexibility index (Phi) is 4.84. The average molecular weight is 289 g/mol. The van der Waals surface area contributed by atoms with E-state index in [0.717, 1.165) is 19.4 Å².